The van der Waals surface area contributed by atoms with E-state index in [1.165, 1.54) is 6.21 Å². The van der Waals surface area contributed by atoms with Gasteiger partial charge in [0.1, 0.15) is 0 Å². The van der Waals surface area contributed by atoms with Gasteiger partial charge in [-0.05, 0) is 12.1 Å². The highest BCUT2D eigenvalue weighted by Gasteiger charge is 1.83. The van der Waals surface area contributed by atoms with Gasteiger partial charge in [-0.15, -0.1) is 17.5 Å². The van der Waals surface area contributed by atoms with Crippen molar-refractivity contribution in [1.29, 1.82) is 0 Å². The fourth-order valence-corrected chi connectivity index (χ4v) is 0.607. The van der Waals surface area contributed by atoms with Gasteiger partial charge in [0.15, 0.2) is 0 Å². The standard InChI is InChI=1S/C7H9N5.ClH/c8-7(9)12-11-5-6-3-1-2-4-10-6;/h1-5H,(H4,8,9,12);1H/b11-5+;. The van der Waals surface area contributed by atoms with E-state index in [4.69, 9.17) is 11.5 Å². The summed E-state index contributed by atoms with van der Waals surface area (Å²) < 4.78 is 0. The quantitative estimate of drug-likeness (QED) is 0.403. The first-order valence-corrected chi connectivity index (χ1v) is 3.32. The molecule has 0 aliphatic heterocycles. The van der Waals surface area contributed by atoms with Crippen molar-refractivity contribution in [2.45, 2.75) is 0 Å². The fourth-order valence-electron chi connectivity index (χ4n) is 0.607. The first-order chi connectivity index (χ1) is 5.79. The van der Waals surface area contributed by atoms with Gasteiger partial charge in [0.05, 0.1) is 11.9 Å². The zero-order chi connectivity index (χ0) is 8.81. The second kappa shape index (κ2) is 5.96. The predicted molar refractivity (Wildman–Crippen MR) is 54.9 cm³/mol. The largest absolute Gasteiger partial charge is 0.369 e. The number of halogens is 1. The third kappa shape index (κ3) is 4.76. The number of pyridine rings is 1. The summed E-state index contributed by atoms with van der Waals surface area (Å²) in [6, 6.07) is 5.47. The molecule has 0 spiro atoms. The summed E-state index contributed by atoms with van der Waals surface area (Å²) in [6.07, 6.45) is 3.14. The molecule has 0 unspecified atom stereocenters. The van der Waals surface area contributed by atoms with Crippen molar-refractivity contribution in [3.05, 3.63) is 30.1 Å². The molecule has 1 heterocycles. The molecule has 0 atom stereocenters. The molecule has 0 amide bonds. The molecular weight excluding hydrogens is 190 g/mol. The van der Waals surface area contributed by atoms with Crippen molar-refractivity contribution >= 4 is 24.6 Å². The zero-order valence-corrected chi connectivity index (χ0v) is 7.61. The maximum Gasteiger partial charge on any atom is 0.211 e. The Morgan fingerprint density at radius 3 is 2.69 bits per heavy atom. The minimum Gasteiger partial charge on any atom is -0.369 e. The number of nitrogens with zero attached hydrogens (tertiary/aromatic N) is 3. The maximum atomic E-state index is 5.05. The predicted octanol–water partition coefficient (Wildman–Crippen LogP) is 0.111. The van der Waals surface area contributed by atoms with Crippen molar-refractivity contribution in [2.24, 2.45) is 21.7 Å². The lowest BCUT2D eigenvalue weighted by atomic mass is 10.4. The van der Waals surface area contributed by atoms with Gasteiger partial charge in [-0.2, -0.15) is 5.10 Å². The van der Waals surface area contributed by atoms with Gasteiger partial charge < -0.3 is 11.5 Å². The summed E-state index contributed by atoms with van der Waals surface area (Å²) in [7, 11) is 0. The molecule has 0 saturated heterocycles. The molecule has 6 heteroatoms. The van der Waals surface area contributed by atoms with E-state index >= 15 is 0 Å². The average Bonchev–Trinajstić information content (AvgIpc) is 2.05. The Morgan fingerprint density at radius 1 is 1.38 bits per heavy atom. The van der Waals surface area contributed by atoms with Gasteiger partial charge in [-0.1, -0.05) is 6.07 Å². The molecule has 0 radical (unpaired) electrons. The Labute approximate surface area is 82.0 Å². The van der Waals surface area contributed by atoms with E-state index in [-0.39, 0.29) is 18.4 Å². The van der Waals surface area contributed by atoms with Crippen LogP contribution in [0, 0.1) is 0 Å². The van der Waals surface area contributed by atoms with Gasteiger partial charge in [0.25, 0.3) is 0 Å². The van der Waals surface area contributed by atoms with Gasteiger partial charge in [0, 0.05) is 6.20 Å². The van der Waals surface area contributed by atoms with Crippen LogP contribution in [0.25, 0.3) is 0 Å². The molecule has 0 aliphatic carbocycles. The topological polar surface area (TPSA) is 89.7 Å². The summed E-state index contributed by atoms with van der Waals surface area (Å²) in [5.74, 6) is -0.0674. The minimum atomic E-state index is -0.0674. The van der Waals surface area contributed by atoms with Crippen LogP contribution < -0.4 is 11.5 Å². The van der Waals surface area contributed by atoms with Crippen LogP contribution in [0.5, 0.6) is 0 Å². The van der Waals surface area contributed by atoms with E-state index in [0.29, 0.717) is 5.69 Å². The second-order valence-corrected chi connectivity index (χ2v) is 2.02. The van der Waals surface area contributed by atoms with E-state index in [2.05, 4.69) is 15.2 Å². The molecule has 1 rings (SSSR count). The molecule has 70 valence electrons. The number of nitrogens with two attached hydrogens (primary N) is 2. The number of guanidine groups is 1. The third-order valence-electron chi connectivity index (χ3n) is 1.05. The lowest BCUT2D eigenvalue weighted by Crippen LogP contribution is -2.21. The minimum absolute atomic E-state index is 0. The van der Waals surface area contributed by atoms with E-state index in [1.54, 1.807) is 12.3 Å². The summed E-state index contributed by atoms with van der Waals surface area (Å²) in [5.41, 5.74) is 10.8. The Bertz CT molecular complexity index is 291. The van der Waals surface area contributed by atoms with Crippen molar-refractivity contribution in [3.8, 4) is 0 Å². The average molecular weight is 200 g/mol. The highest BCUT2D eigenvalue weighted by molar-refractivity contribution is 5.85. The number of hydrogen-bond acceptors (Lipinski definition) is 3. The summed E-state index contributed by atoms with van der Waals surface area (Å²) >= 11 is 0. The van der Waals surface area contributed by atoms with Crippen LogP contribution in [0.2, 0.25) is 0 Å². The summed E-state index contributed by atoms with van der Waals surface area (Å²) in [5, 5.41) is 7.01. The second-order valence-electron chi connectivity index (χ2n) is 2.02. The van der Waals surface area contributed by atoms with Crippen molar-refractivity contribution in [2.75, 3.05) is 0 Å². The number of aromatic nitrogens is 1. The first-order valence-electron chi connectivity index (χ1n) is 3.32. The van der Waals surface area contributed by atoms with Crippen LogP contribution in [-0.2, 0) is 0 Å². The zero-order valence-electron chi connectivity index (χ0n) is 6.79. The molecule has 1 aromatic heterocycles. The lowest BCUT2D eigenvalue weighted by Gasteiger charge is -1.87. The smallest absolute Gasteiger partial charge is 0.211 e. The van der Waals surface area contributed by atoms with Crippen LogP contribution in [0.1, 0.15) is 5.69 Å². The van der Waals surface area contributed by atoms with E-state index in [0.717, 1.165) is 0 Å². The molecular formula is C7H10ClN5. The van der Waals surface area contributed by atoms with Crippen molar-refractivity contribution in [3.63, 3.8) is 0 Å². The highest BCUT2D eigenvalue weighted by atomic mass is 35.5. The Balaban J connectivity index is 0.00000144. The van der Waals surface area contributed by atoms with Gasteiger partial charge in [0.2, 0.25) is 5.96 Å². The van der Waals surface area contributed by atoms with Crippen LogP contribution >= 0.6 is 12.4 Å². The summed E-state index contributed by atoms with van der Waals surface area (Å²) in [4.78, 5) is 3.98. The molecule has 0 fully saturated rings. The molecule has 0 aromatic carbocycles. The Hall–Kier alpha value is -1.62. The third-order valence-corrected chi connectivity index (χ3v) is 1.05. The normalized spacial score (nSPS) is 9.23. The van der Waals surface area contributed by atoms with Crippen molar-refractivity contribution < 1.29 is 0 Å². The molecule has 0 aliphatic rings. The number of rotatable bonds is 2. The van der Waals surface area contributed by atoms with Crippen LogP contribution in [0.3, 0.4) is 0 Å². The molecule has 0 bridgehead atoms. The Morgan fingerprint density at radius 2 is 2.15 bits per heavy atom. The van der Waals surface area contributed by atoms with E-state index in [9.17, 15) is 0 Å². The van der Waals surface area contributed by atoms with Gasteiger partial charge >= 0.3 is 0 Å². The van der Waals surface area contributed by atoms with Crippen molar-refractivity contribution in [1.82, 2.24) is 4.98 Å². The van der Waals surface area contributed by atoms with Crippen LogP contribution in [0.15, 0.2) is 34.6 Å². The van der Waals surface area contributed by atoms with Crippen LogP contribution in [-0.4, -0.2) is 17.2 Å². The van der Waals surface area contributed by atoms with E-state index < -0.39 is 0 Å². The van der Waals surface area contributed by atoms with E-state index in [1.807, 2.05) is 12.1 Å². The molecule has 4 N–H and O–H groups in total. The molecule has 0 saturated carbocycles. The lowest BCUT2D eigenvalue weighted by molar-refractivity contribution is 1.20. The fraction of sp³-hybridized carbons (Fsp3) is 0. The molecule has 13 heavy (non-hydrogen) atoms. The summed E-state index contributed by atoms with van der Waals surface area (Å²) in [6.45, 7) is 0. The van der Waals surface area contributed by atoms with Crippen LogP contribution in [0.4, 0.5) is 0 Å². The molecule has 1 aromatic rings. The monoisotopic (exact) mass is 199 g/mol. The maximum absolute atomic E-state index is 5.05. The number of hydrogen-bond donors (Lipinski definition) is 2. The van der Waals surface area contributed by atoms with Gasteiger partial charge in [-0.3, -0.25) is 4.98 Å². The molecule has 5 nitrogen and oxygen atoms in total. The Kier molecular flexibility index (Phi) is 5.22. The first kappa shape index (κ1) is 11.4. The SMILES string of the molecule is Cl.NC(N)=N/N=C/c1ccccn1. The van der Waals surface area contributed by atoms with Gasteiger partial charge in [-0.25, -0.2) is 0 Å². The highest BCUT2D eigenvalue weighted by Crippen LogP contribution is 1.87.